The summed E-state index contributed by atoms with van der Waals surface area (Å²) in [4.78, 5) is 16.5. The van der Waals surface area contributed by atoms with Crippen molar-refractivity contribution in [2.75, 3.05) is 5.32 Å². The second kappa shape index (κ2) is 7.15. The van der Waals surface area contributed by atoms with Crippen molar-refractivity contribution in [1.29, 1.82) is 0 Å². The van der Waals surface area contributed by atoms with E-state index in [-0.39, 0.29) is 12.1 Å². The summed E-state index contributed by atoms with van der Waals surface area (Å²) < 4.78 is 0. The summed E-state index contributed by atoms with van der Waals surface area (Å²) in [6.07, 6.45) is 7.20. The molecule has 2 aromatic rings. The number of aryl methyl sites for hydroxylation is 1. The van der Waals surface area contributed by atoms with E-state index in [1.54, 1.807) is 17.5 Å². The van der Waals surface area contributed by atoms with Crippen LogP contribution in [0.4, 0.5) is 9.93 Å². The molecule has 2 N–H and O–H groups in total. The zero-order valence-electron chi connectivity index (χ0n) is 12.4. The number of urea groups is 1. The molecule has 6 nitrogen and oxygen atoms in total. The number of nitrogens with one attached hydrogen (secondary N) is 2. The van der Waals surface area contributed by atoms with Gasteiger partial charge in [0.1, 0.15) is 10.0 Å². The van der Waals surface area contributed by atoms with Gasteiger partial charge in [-0.1, -0.05) is 24.7 Å². The number of thiazole rings is 1. The van der Waals surface area contributed by atoms with E-state index in [4.69, 9.17) is 0 Å². The molecule has 118 valence electrons. The van der Waals surface area contributed by atoms with Crippen LogP contribution in [0.3, 0.4) is 0 Å². The van der Waals surface area contributed by atoms with Gasteiger partial charge in [-0.05, 0) is 25.2 Å². The summed E-state index contributed by atoms with van der Waals surface area (Å²) in [6, 6.07) is -0.224. The molecule has 1 atom stereocenters. The highest BCUT2D eigenvalue weighted by molar-refractivity contribution is 7.15. The van der Waals surface area contributed by atoms with Crippen LogP contribution in [0.2, 0.25) is 0 Å². The summed E-state index contributed by atoms with van der Waals surface area (Å²) >= 11 is 3.02. The Balaban J connectivity index is 1.56. The van der Waals surface area contributed by atoms with Gasteiger partial charge in [0, 0.05) is 18.0 Å². The highest BCUT2D eigenvalue weighted by Gasteiger charge is 2.35. The third kappa shape index (κ3) is 4.01. The Morgan fingerprint density at radius 3 is 3.00 bits per heavy atom. The largest absolute Gasteiger partial charge is 0.328 e. The smallest absolute Gasteiger partial charge is 0.321 e. The molecule has 0 aliphatic heterocycles. The lowest BCUT2D eigenvalue weighted by Gasteiger charge is -2.15. The fourth-order valence-electron chi connectivity index (χ4n) is 2.21. The average Bonchev–Trinajstić information content (AvgIpc) is 3.02. The molecule has 0 bridgehead atoms. The third-order valence-electron chi connectivity index (χ3n) is 3.53. The summed E-state index contributed by atoms with van der Waals surface area (Å²) in [6.45, 7) is 2.14. The summed E-state index contributed by atoms with van der Waals surface area (Å²) in [5.74, 6) is 0.506. The normalized spacial score (nSPS) is 15.5. The number of carbonyl (C=O) groups excluding carboxylic acids is 1. The van der Waals surface area contributed by atoms with E-state index in [9.17, 15) is 4.79 Å². The molecular weight excluding hydrogens is 318 g/mol. The van der Waals surface area contributed by atoms with Gasteiger partial charge in [-0.3, -0.25) is 5.32 Å². The summed E-state index contributed by atoms with van der Waals surface area (Å²) in [7, 11) is 0. The molecule has 0 radical (unpaired) electrons. The maximum Gasteiger partial charge on any atom is 0.321 e. The lowest BCUT2D eigenvalue weighted by atomic mass is 10.2. The minimum atomic E-state index is -0.231. The Labute approximate surface area is 137 Å². The molecule has 2 heterocycles. The van der Waals surface area contributed by atoms with Crippen LogP contribution < -0.4 is 10.6 Å². The molecule has 1 aliphatic rings. The molecular formula is C14H19N5OS2. The lowest BCUT2D eigenvalue weighted by molar-refractivity contribution is 0.247. The molecule has 2 aromatic heterocycles. The van der Waals surface area contributed by atoms with Crippen molar-refractivity contribution in [3.05, 3.63) is 21.6 Å². The van der Waals surface area contributed by atoms with Crippen molar-refractivity contribution in [3.8, 4) is 0 Å². The molecule has 2 amide bonds. The molecule has 1 aliphatic carbocycles. The van der Waals surface area contributed by atoms with Gasteiger partial charge in [-0.15, -0.1) is 21.5 Å². The van der Waals surface area contributed by atoms with E-state index in [1.807, 2.05) is 5.38 Å². The van der Waals surface area contributed by atoms with E-state index in [0.717, 1.165) is 42.1 Å². The van der Waals surface area contributed by atoms with Crippen molar-refractivity contribution in [2.45, 2.75) is 45.1 Å². The van der Waals surface area contributed by atoms with Gasteiger partial charge in [0.25, 0.3) is 0 Å². The Morgan fingerprint density at radius 1 is 1.45 bits per heavy atom. The van der Waals surface area contributed by atoms with E-state index in [1.165, 1.54) is 11.3 Å². The van der Waals surface area contributed by atoms with Gasteiger partial charge in [-0.25, -0.2) is 9.78 Å². The Bertz CT molecular complexity index is 609. The lowest BCUT2D eigenvalue weighted by Crippen LogP contribution is -2.33. The van der Waals surface area contributed by atoms with Crippen molar-refractivity contribution >= 4 is 33.8 Å². The number of unbranched alkanes of at least 4 members (excludes halogenated alkanes) is 1. The van der Waals surface area contributed by atoms with Gasteiger partial charge in [-0.2, -0.15) is 0 Å². The van der Waals surface area contributed by atoms with Gasteiger partial charge >= 0.3 is 6.03 Å². The minimum Gasteiger partial charge on any atom is -0.328 e. The fraction of sp³-hybridized carbons (Fsp3) is 0.571. The van der Waals surface area contributed by atoms with Crippen LogP contribution in [0.15, 0.2) is 11.6 Å². The van der Waals surface area contributed by atoms with Crippen molar-refractivity contribution in [3.63, 3.8) is 0 Å². The first-order valence-corrected chi connectivity index (χ1v) is 9.25. The number of hydrogen-bond acceptors (Lipinski definition) is 6. The molecule has 22 heavy (non-hydrogen) atoms. The second-order valence-corrected chi connectivity index (χ2v) is 7.38. The monoisotopic (exact) mass is 337 g/mol. The topological polar surface area (TPSA) is 79.8 Å². The van der Waals surface area contributed by atoms with Gasteiger partial charge < -0.3 is 5.32 Å². The van der Waals surface area contributed by atoms with Crippen LogP contribution in [0.1, 0.15) is 48.7 Å². The van der Waals surface area contributed by atoms with E-state index in [2.05, 4.69) is 32.7 Å². The first kappa shape index (κ1) is 15.4. The molecule has 0 saturated heterocycles. The highest BCUT2D eigenvalue weighted by Crippen LogP contribution is 2.41. The number of carbonyl (C=O) groups is 1. The van der Waals surface area contributed by atoms with Crippen LogP contribution in [-0.4, -0.2) is 21.2 Å². The van der Waals surface area contributed by atoms with E-state index < -0.39 is 0 Å². The van der Waals surface area contributed by atoms with Gasteiger partial charge in [0.15, 0.2) is 0 Å². The van der Waals surface area contributed by atoms with Crippen molar-refractivity contribution in [1.82, 2.24) is 20.5 Å². The summed E-state index contributed by atoms with van der Waals surface area (Å²) in [5.41, 5.74) is 0. The molecule has 1 saturated carbocycles. The number of nitrogens with zero attached hydrogens (tertiary/aromatic N) is 3. The number of rotatable bonds is 7. The maximum absolute atomic E-state index is 12.2. The first-order valence-electron chi connectivity index (χ1n) is 7.55. The van der Waals surface area contributed by atoms with Gasteiger partial charge in [0.2, 0.25) is 5.13 Å². The Kier molecular flexibility index (Phi) is 4.99. The SMILES string of the molecule is CCCCc1nnc(NC(=O)N[C@@H](c2nccs2)C2CC2)s1. The Hall–Kier alpha value is -1.54. The van der Waals surface area contributed by atoms with Crippen LogP contribution in [0, 0.1) is 5.92 Å². The number of hydrogen-bond donors (Lipinski definition) is 2. The minimum absolute atomic E-state index is 0.00693. The van der Waals surface area contributed by atoms with Crippen molar-refractivity contribution < 1.29 is 4.79 Å². The highest BCUT2D eigenvalue weighted by atomic mass is 32.1. The molecule has 0 aromatic carbocycles. The molecule has 8 heteroatoms. The van der Waals surface area contributed by atoms with Crippen LogP contribution in [0.25, 0.3) is 0 Å². The zero-order chi connectivity index (χ0) is 15.4. The van der Waals surface area contributed by atoms with E-state index >= 15 is 0 Å². The average molecular weight is 337 g/mol. The summed E-state index contributed by atoms with van der Waals surface area (Å²) in [5, 5.41) is 18.4. The number of aromatic nitrogens is 3. The predicted octanol–water partition coefficient (Wildman–Crippen LogP) is 3.61. The molecule has 0 spiro atoms. The quantitative estimate of drug-likeness (QED) is 0.809. The zero-order valence-corrected chi connectivity index (χ0v) is 14.0. The van der Waals surface area contributed by atoms with Crippen molar-refractivity contribution in [2.24, 2.45) is 5.92 Å². The predicted molar refractivity (Wildman–Crippen MR) is 88.3 cm³/mol. The van der Waals surface area contributed by atoms with Crippen LogP contribution >= 0.6 is 22.7 Å². The van der Waals surface area contributed by atoms with Crippen LogP contribution in [0.5, 0.6) is 0 Å². The van der Waals surface area contributed by atoms with E-state index in [0.29, 0.717) is 11.0 Å². The fourth-order valence-corrected chi connectivity index (χ4v) is 3.76. The Morgan fingerprint density at radius 2 is 2.32 bits per heavy atom. The molecule has 3 rings (SSSR count). The van der Waals surface area contributed by atoms with Crippen LogP contribution in [-0.2, 0) is 6.42 Å². The standard InChI is InChI=1S/C14H19N5OS2/c1-2-3-4-10-18-19-14(22-10)17-13(20)16-11(9-5-6-9)12-15-7-8-21-12/h7-9,11H,2-6H2,1H3,(H2,16,17,19,20)/t11-/m1/s1. The number of amides is 2. The molecule has 1 fully saturated rings. The number of anilines is 1. The first-order chi connectivity index (χ1) is 10.8. The maximum atomic E-state index is 12.2. The third-order valence-corrected chi connectivity index (χ3v) is 5.29. The second-order valence-electron chi connectivity index (χ2n) is 5.39. The molecule has 0 unspecified atom stereocenters. The van der Waals surface area contributed by atoms with Gasteiger partial charge in [0.05, 0.1) is 6.04 Å².